The Bertz CT molecular complexity index is 649. The van der Waals surface area contributed by atoms with Gasteiger partial charge in [0, 0.05) is 10.4 Å². The van der Waals surface area contributed by atoms with Crippen LogP contribution < -0.4 is 5.43 Å². The highest BCUT2D eigenvalue weighted by molar-refractivity contribution is 7.14. The molecule has 3 nitrogen and oxygen atoms in total. The van der Waals surface area contributed by atoms with E-state index in [0.717, 1.165) is 17.0 Å². The summed E-state index contributed by atoms with van der Waals surface area (Å²) in [6, 6.07) is 9.55. The summed E-state index contributed by atoms with van der Waals surface area (Å²) in [6.45, 7) is 3.92. The molecule has 0 bridgehead atoms. The molecule has 2 rings (SSSR count). The van der Waals surface area contributed by atoms with Gasteiger partial charge in [0.05, 0.1) is 10.6 Å². The van der Waals surface area contributed by atoms with Gasteiger partial charge in [-0.25, -0.2) is 9.82 Å². The van der Waals surface area contributed by atoms with E-state index in [9.17, 15) is 9.18 Å². The molecule has 1 heterocycles. The molecule has 0 atom stereocenters. The molecular formula is C15H15FN2OS. The lowest BCUT2D eigenvalue weighted by Crippen LogP contribution is -2.19. The number of carbonyl (C=O) groups is 1. The smallest absolute Gasteiger partial charge is 0.267 e. The molecule has 0 spiro atoms. The van der Waals surface area contributed by atoms with Crippen molar-refractivity contribution in [2.24, 2.45) is 5.10 Å². The van der Waals surface area contributed by atoms with Crippen molar-refractivity contribution in [2.75, 3.05) is 0 Å². The fourth-order valence-electron chi connectivity index (χ4n) is 1.65. The van der Waals surface area contributed by atoms with Gasteiger partial charge in [0.2, 0.25) is 0 Å². The molecule has 1 N–H and O–H groups in total. The van der Waals surface area contributed by atoms with E-state index in [0.29, 0.717) is 0 Å². The van der Waals surface area contributed by atoms with Crippen molar-refractivity contribution in [1.29, 1.82) is 0 Å². The van der Waals surface area contributed by atoms with Crippen LogP contribution in [0.4, 0.5) is 4.39 Å². The molecule has 0 aliphatic carbocycles. The van der Waals surface area contributed by atoms with Crippen molar-refractivity contribution in [3.8, 4) is 0 Å². The summed E-state index contributed by atoms with van der Waals surface area (Å²) in [7, 11) is 0. The highest BCUT2D eigenvalue weighted by Gasteiger charge is 2.06. The van der Waals surface area contributed by atoms with Gasteiger partial charge in [0.25, 0.3) is 5.91 Å². The number of hydrogen-bond acceptors (Lipinski definition) is 3. The van der Waals surface area contributed by atoms with Gasteiger partial charge < -0.3 is 0 Å². The minimum Gasteiger partial charge on any atom is -0.267 e. The van der Waals surface area contributed by atoms with Crippen LogP contribution in [0.2, 0.25) is 0 Å². The molecule has 2 aromatic rings. The second-order valence-electron chi connectivity index (χ2n) is 4.27. The van der Waals surface area contributed by atoms with Gasteiger partial charge in [-0.2, -0.15) is 5.10 Å². The van der Waals surface area contributed by atoms with Crippen LogP contribution in [0, 0.1) is 5.82 Å². The SMILES string of the molecule is CCc1ccc(/C(C)=N/NC(=O)c2cccc(F)c2)s1. The maximum Gasteiger partial charge on any atom is 0.271 e. The Balaban J connectivity index is 2.06. The van der Waals surface area contributed by atoms with Gasteiger partial charge in [-0.3, -0.25) is 4.79 Å². The number of nitrogens with one attached hydrogen (secondary N) is 1. The van der Waals surface area contributed by atoms with Crippen molar-refractivity contribution in [3.63, 3.8) is 0 Å². The molecule has 20 heavy (non-hydrogen) atoms. The molecular weight excluding hydrogens is 275 g/mol. The summed E-state index contributed by atoms with van der Waals surface area (Å²) in [4.78, 5) is 14.1. The molecule has 0 saturated carbocycles. The molecule has 0 aliphatic heterocycles. The Kier molecular flexibility index (Phi) is 4.63. The molecule has 0 saturated heterocycles. The molecule has 1 aromatic heterocycles. The number of amides is 1. The van der Waals surface area contributed by atoms with E-state index < -0.39 is 11.7 Å². The monoisotopic (exact) mass is 290 g/mol. The first-order chi connectivity index (χ1) is 9.60. The van der Waals surface area contributed by atoms with Gasteiger partial charge in [-0.05, 0) is 43.7 Å². The zero-order valence-electron chi connectivity index (χ0n) is 11.3. The summed E-state index contributed by atoms with van der Waals surface area (Å²) >= 11 is 1.65. The van der Waals surface area contributed by atoms with Crippen molar-refractivity contribution < 1.29 is 9.18 Å². The summed E-state index contributed by atoms with van der Waals surface area (Å²) in [5.41, 5.74) is 3.43. The fourth-order valence-corrected chi connectivity index (χ4v) is 2.54. The van der Waals surface area contributed by atoms with E-state index in [4.69, 9.17) is 0 Å². The average Bonchev–Trinajstić information content (AvgIpc) is 2.93. The van der Waals surface area contributed by atoms with Gasteiger partial charge in [-0.1, -0.05) is 13.0 Å². The summed E-state index contributed by atoms with van der Waals surface area (Å²) in [5.74, 6) is -0.861. The number of nitrogens with zero attached hydrogens (tertiary/aromatic N) is 1. The summed E-state index contributed by atoms with van der Waals surface area (Å²) < 4.78 is 13.0. The standard InChI is InChI=1S/C15H15FN2OS/c1-3-13-7-8-14(20-13)10(2)17-18-15(19)11-5-4-6-12(16)9-11/h4-9H,3H2,1-2H3,(H,18,19)/b17-10+. The van der Waals surface area contributed by atoms with E-state index in [2.05, 4.69) is 17.5 Å². The number of carbonyl (C=O) groups excluding carboxylic acids is 1. The number of hydrogen-bond donors (Lipinski definition) is 1. The van der Waals surface area contributed by atoms with Crippen LogP contribution in [0.3, 0.4) is 0 Å². The molecule has 0 fully saturated rings. The Labute approximate surface area is 121 Å². The van der Waals surface area contributed by atoms with Gasteiger partial charge >= 0.3 is 0 Å². The summed E-state index contributed by atoms with van der Waals surface area (Å²) in [5, 5.41) is 4.05. The predicted molar refractivity (Wildman–Crippen MR) is 79.8 cm³/mol. The second kappa shape index (κ2) is 6.43. The number of rotatable bonds is 4. The van der Waals surface area contributed by atoms with E-state index in [1.807, 2.05) is 19.1 Å². The van der Waals surface area contributed by atoms with E-state index >= 15 is 0 Å². The predicted octanol–water partition coefficient (Wildman–Crippen LogP) is 3.60. The Morgan fingerprint density at radius 2 is 2.15 bits per heavy atom. The number of benzene rings is 1. The maximum atomic E-state index is 13.0. The number of hydrazone groups is 1. The van der Waals surface area contributed by atoms with Gasteiger partial charge in [0.1, 0.15) is 5.82 Å². The molecule has 0 radical (unpaired) electrons. The minimum atomic E-state index is -0.441. The highest BCUT2D eigenvalue weighted by atomic mass is 32.1. The van der Waals surface area contributed by atoms with Crippen molar-refractivity contribution >= 4 is 23.0 Å². The highest BCUT2D eigenvalue weighted by Crippen LogP contribution is 2.17. The van der Waals surface area contributed by atoms with Crippen LogP contribution in [0.15, 0.2) is 41.5 Å². The number of thiophene rings is 1. The molecule has 104 valence electrons. The largest absolute Gasteiger partial charge is 0.271 e. The van der Waals surface area contributed by atoms with Crippen LogP contribution >= 0.6 is 11.3 Å². The van der Waals surface area contributed by atoms with E-state index in [1.165, 1.54) is 23.1 Å². The average molecular weight is 290 g/mol. The number of aryl methyl sites for hydroxylation is 1. The third kappa shape index (κ3) is 3.51. The zero-order chi connectivity index (χ0) is 14.5. The molecule has 0 aliphatic rings. The normalized spacial score (nSPS) is 11.4. The third-order valence-electron chi connectivity index (χ3n) is 2.78. The van der Waals surface area contributed by atoms with Crippen molar-refractivity contribution in [2.45, 2.75) is 20.3 Å². The Morgan fingerprint density at radius 3 is 2.80 bits per heavy atom. The first-order valence-electron chi connectivity index (χ1n) is 6.29. The summed E-state index contributed by atoms with van der Waals surface area (Å²) in [6.07, 6.45) is 0.980. The fraction of sp³-hybridized carbons (Fsp3) is 0.200. The van der Waals surface area contributed by atoms with Crippen LogP contribution in [0.1, 0.15) is 34.0 Å². The van der Waals surface area contributed by atoms with E-state index in [-0.39, 0.29) is 5.56 Å². The third-order valence-corrected chi connectivity index (χ3v) is 4.12. The molecule has 5 heteroatoms. The lowest BCUT2D eigenvalue weighted by molar-refractivity contribution is 0.0954. The van der Waals surface area contributed by atoms with Gasteiger partial charge in [0.15, 0.2) is 0 Å². The van der Waals surface area contributed by atoms with Crippen LogP contribution in [0.5, 0.6) is 0 Å². The van der Waals surface area contributed by atoms with Crippen LogP contribution in [-0.2, 0) is 6.42 Å². The molecule has 1 aromatic carbocycles. The maximum absolute atomic E-state index is 13.0. The minimum absolute atomic E-state index is 0.252. The molecule has 1 amide bonds. The van der Waals surface area contributed by atoms with Crippen molar-refractivity contribution in [1.82, 2.24) is 5.43 Å². The first kappa shape index (κ1) is 14.4. The lowest BCUT2D eigenvalue weighted by atomic mass is 10.2. The van der Waals surface area contributed by atoms with Crippen LogP contribution in [0.25, 0.3) is 0 Å². The van der Waals surface area contributed by atoms with E-state index in [1.54, 1.807) is 17.4 Å². The lowest BCUT2D eigenvalue weighted by Gasteiger charge is -2.01. The van der Waals surface area contributed by atoms with Gasteiger partial charge in [-0.15, -0.1) is 11.3 Å². The zero-order valence-corrected chi connectivity index (χ0v) is 12.1. The number of halogens is 1. The topological polar surface area (TPSA) is 41.5 Å². The second-order valence-corrected chi connectivity index (χ2v) is 5.44. The Morgan fingerprint density at radius 1 is 1.35 bits per heavy atom. The quantitative estimate of drug-likeness (QED) is 0.678. The van der Waals surface area contributed by atoms with Crippen molar-refractivity contribution in [3.05, 3.63) is 57.5 Å². The first-order valence-corrected chi connectivity index (χ1v) is 7.11. The molecule has 0 unspecified atom stereocenters. The van der Waals surface area contributed by atoms with Crippen LogP contribution in [-0.4, -0.2) is 11.6 Å². The Hall–Kier alpha value is -2.01.